The second-order valence-corrected chi connectivity index (χ2v) is 4.67. The van der Waals surface area contributed by atoms with Gasteiger partial charge in [0.2, 0.25) is 0 Å². The second-order valence-electron chi connectivity index (χ2n) is 3.64. The van der Waals surface area contributed by atoms with Crippen molar-refractivity contribution in [2.45, 2.75) is 30.0 Å². The highest BCUT2D eigenvalue weighted by Crippen LogP contribution is 2.28. The minimum atomic E-state index is -2.57. The van der Waals surface area contributed by atoms with Gasteiger partial charge in [-0.25, -0.2) is 0 Å². The lowest BCUT2D eigenvalue weighted by Gasteiger charge is -2.15. The zero-order valence-corrected chi connectivity index (χ0v) is 10.7. The Bertz CT molecular complexity index is 397. The van der Waals surface area contributed by atoms with Gasteiger partial charge in [0.1, 0.15) is 0 Å². The summed E-state index contributed by atoms with van der Waals surface area (Å²) in [6.07, 6.45) is 0.576. The smallest absolute Gasteiger partial charge is 0.288 e. The molecule has 0 aliphatic carbocycles. The molecule has 1 amide bonds. The Hall–Kier alpha value is -1.14. The van der Waals surface area contributed by atoms with Gasteiger partial charge in [-0.3, -0.25) is 4.79 Å². The predicted molar refractivity (Wildman–Crippen MR) is 66.9 cm³/mol. The molecule has 1 aromatic rings. The van der Waals surface area contributed by atoms with Gasteiger partial charge in [-0.1, -0.05) is 30.8 Å². The number of carbonyl (C=O) groups is 1. The number of carbonyl (C=O) groups excluding carboxylic acids is 1. The maximum atomic E-state index is 12.4. The number of aliphatic hydroxyl groups is 1. The van der Waals surface area contributed by atoms with Crippen molar-refractivity contribution in [1.29, 1.82) is 0 Å². The van der Waals surface area contributed by atoms with Crippen LogP contribution in [0.3, 0.4) is 0 Å². The summed E-state index contributed by atoms with van der Waals surface area (Å²) in [6.45, 7) is 1.65. The van der Waals surface area contributed by atoms with Crippen LogP contribution in [0.5, 0.6) is 0 Å². The average Bonchev–Trinajstić information content (AvgIpc) is 2.35. The van der Waals surface area contributed by atoms with Gasteiger partial charge in [-0.15, -0.1) is 0 Å². The van der Waals surface area contributed by atoms with Crippen LogP contribution >= 0.6 is 11.8 Å². The first-order chi connectivity index (χ1) is 8.58. The summed E-state index contributed by atoms with van der Waals surface area (Å²) >= 11 is 0.339. The van der Waals surface area contributed by atoms with Crippen LogP contribution in [0.2, 0.25) is 0 Å². The monoisotopic (exact) mass is 275 g/mol. The van der Waals surface area contributed by atoms with Crippen LogP contribution in [-0.4, -0.2) is 29.4 Å². The fraction of sp³-hybridized carbons (Fsp3) is 0.417. The SMILES string of the molecule is CCC(CO)NC(=O)c1ccccc1SC(F)F. The molecular formula is C12H15F2NO2S. The van der Waals surface area contributed by atoms with Crippen LogP contribution in [0.1, 0.15) is 23.7 Å². The molecule has 0 spiro atoms. The summed E-state index contributed by atoms with van der Waals surface area (Å²) in [5.74, 6) is -3.02. The molecule has 0 saturated heterocycles. The van der Waals surface area contributed by atoms with Crippen molar-refractivity contribution >= 4 is 17.7 Å². The lowest BCUT2D eigenvalue weighted by molar-refractivity contribution is 0.0912. The third kappa shape index (κ3) is 4.27. The fourth-order valence-electron chi connectivity index (χ4n) is 1.39. The molecule has 0 radical (unpaired) electrons. The predicted octanol–water partition coefficient (Wildman–Crippen LogP) is 2.50. The Morgan fingerprint density at radius 3 is 2.67 bits per heavy atom. The summed E-state index contributed by atoms with van der Waals surface area (Å²) < 4.78 is 24.7. The standard InChI is InChI=1S/C12H15F2NO2S/c1-2-8(7-16)15-11(17)9-5-3-4-6-10(9)18-12(13)14/h3-6,8,12,16H,2,7H2,1H3,(H,15,17). The van der Waals surface area contributed by atoms with Gasteiger partial charge < -0.3 is 10.4 Å². The third-order valence-electron chi connectivity index (χ3n) is 2.40. The highest BCUT2D eigenvalue weighted by Gasteiger charge is 2.17. The second kappa shape index (κ2) is 7.33. The molecular weight excluding hydrogens is 260 g/mol. The highest BCUT2D eigenvalue weighted by molar-refractivity contribution is 7.99. The Kier molecular flexibility index (Phi) is 6.07. The first-order valence-electron chi connectivity index (χ1n) is 5.54. The van der Waals surface area contributed by atoms with E-state index in [2.05, 4.69) is 5.32 Å². The lowest BCUT2D eigenvalue weighted by atomic mass is 10.2. The summed E-state index contributed by atoms with van der Waals surface area (Å²) in [6, 6.07) is 5.83. The average molecular weight is 275 g/mol. The van der Waals surface area contributed by atoms with E-state index in [4.69, 9.17) is 5.11 Å². The topological polar surface area (TPSA) is 49.3 Å². The number of halogens is 2. The molecule has 0 bridgehead atoms. The summed E-state index contributed by atoms with van der Waals surface area (Å²) in [5.41, 5.74) is 0.203. The van der Waals surface area contributed by atoms with Crippen molar-refractivity contribution in [2.24, 2.45) is 0 Å². The van der Waals surface area contributed by atoms with Crippen molar-refractivity contribution in [1.82, 2.24) is 5.32 Å². The quantitative estimate of drug-likeness (QED) is 0.784. The van der Waals surface area contributed by atoms with E-state index in [9.17, 15) is 13.6 Å². The van der Waals surface area contributed by atoms with Crippen LogP contribution in [0.15, 0.2) is 29.2 Å². The van der Waals surface area contributed by atoms with E-state index >= 15 is 0 Å². The number of nitrogens with one attached hydrogen (secondary N) is 1. The molecule has 0 saturated carbocycles. The third-order valence-corrected chi connectivity index (χ3v) is 3.18. The van der Waals surface area contributed by atoms with E-state index in [0.717, 1.165) is 0 Å². The summed E-state index contributed by atoms with van der Waals surface area (Å²) in [5, 5.41) is 11.6. The van der Waals surface area contributed by atoms with E-state index < -0.39 is 11.7 Å². The number of rotatable bonds is 6. The number of hydrogen-bond acceptors (Lipinski definition) is 3. The van der Waals surface area contributed by atoms with Crippen molar-refractivity contribution in [3.63, 3.8) is 0 Å². The van der Waals surface area contributed by atoms with Crippen LogP contribution < -0.4 is 5.32 Å². The Balaban J connectivity index is 2.84. The fourth-order valence-corrected chi connectivity index (χ4v) is 2.03. The molecule has 2 N–H and O–H groups in total. The number of benzene rings is 1. The molecule has 1 atom stereocenters. The van der Waals surface area contributed by atoms with Gasteiger partial charge >= 0.3 is 0 Å². The van der Waals surface area contributed by atoms with Crippen LogP contribution in [0.25, 0.3) is 0 Å². The largest absolute Gasteiger partial charge is 0.394 e. The molecule has 1 aromatic carbocycles. The first kappa shape index (κ1) is 14.9. The maximum absolute atomic E-state index is 12.4. The molecule has 1 rings (SSSR count). The van der Waals surface area contributed by atoms with E-state index in [-0.39, 0.29) is 23.1 Å². The Morgan fingerprint density at radius 2 is 2.11 bits per heavy atom. The van der Waals surface area contributed by atoms with Gasteiger partial charge in [0, 0.05) is 4.90 Å². The van der Waals surface area contributed by atoms with Gasteiger partial charge in [0.05, 0.1) is 18.2 Å². The van der Waals surface area contributed by atoms with Gasteiger partial charge in [-0.05, 0) is 18.6 Å². The molecule has 0 fully saturated rings. The van der Waals surface area contributed by atoms with E-state index in [1.165, 1.54) is 12.1 Å². The zero-order chi connectivity index (χ0) is 13.5. The lowest BCUT2D eigenvalue weighted by Crippen LogP contribution is -2.37. The molecule has 6 heteroatoms. The molecule has 0 aliphatic rings. The summed E-state index contributed by atoms with van der Waals surface area (Å²) in [4.78, 5) is 12.1. The molecule has 0 aliphatic heterocycles. The normalized spacial score (nSPS) is 12.5. The Labute approximate surface area is 109 Å². The molecule has 3 nitrogen and oxygen atoms in total. The van der Waals surface area contributed by atoms with Crippen molar-refractivity contribution in [3.05, 3.63) is 29.8 Å². The van der Waals surface area contributed by atoms with Crippen molar-refractivity contribution < 1.29 is 18.7 Å². The molecule has 18 heavy (non-hydrogen) atoms. The highest BCUT2D eigenvalue weighted by atomic mass is 32.2. The van der Waals surface area contributed by atoms with E-state index in [1.54, 1.807) is 12.1 Å². The van der Waals surface area contributed by atoms with E-state index in [1.807, 2.05) is 6.92 Å². The molecule has 1 unspecified atom stereocenters. The maximum Gasteiger partial charge on any atom is 0.288 e. The minimum Gasteiger partial charge on any atom is -0.394 e. The number of thioether (sulfide) groups is 1. The first-order valence-corrected chi connectivity index (χ1v) is 6.42. The van der Waals surface area contributed by atoms with Crippen LogP contribution in [-0.2, 0) is 0 Å². The molecule has 100 valence electrons. The van der Waals surface area contributed by atoms with Crippen LogP contribution in [0, 0.1) is 0 Å². The minimum absolute atomic E-state index is 0.174. The number of hydrogen-bond donors (Lipinski definition) is 2. The van der Waals surface area contributed by atoms with Crippen molar-refractivity contribution in [3.8, 4) is 0 Å². The number of alkyl halides is 2. The number of aliphatic hydroxyl groups excluding tert-OH is 1. The van der Waals surface area contributed by atoms with Crippen LogP contribution in [0.4, 0.5) is 8.78 Å². The molecule has 0 heterocycles. The van der Waals surface area contributed by atoms with Gasteiger partial charge in [0.15, 0.2) is 0 Å². The number of amides is 1. The van der Waals surface area contributed by atoms with Gasteiger partial charge in [0.25, 0.3) is 11.7 Å². The zero-order valence-electron chi connectivity index (χ0n) is 9.90. The van der Waals surface area contributed by atoms with Crippen molar-refractivity contribution in [2.75, 3.05) is 6.61 Å². The van der Waals surface area contributed by atoms with Gasteiger partial charge in [-0.2, -0.15) is 8.78 Å². The summed E-state index contributed by atoms with van der Waals surface area (Å²) in [7, 11) is 0. The molecule has 0 aromatic heterocycles. The Morgan fingerprint density at radius 1 is 1.44 bits per heavy atom. The van der Waals surface area contributed by atoms with E-state index in [0.29, 0.717) is 18.2 Å².